The molecule has 0 radical (unpaired) electrons. The summed E-state index contributed by atoms with van der Waals surface area (Å²) in [5, 5.41) is 0. The van der Waals surface area contributed by atoms with Gasteiger partial charge in [0, 0.05) is 24.7 Å². The number of hydrogen-bond donors (Lipinski definition) is 0. The van der Waals surface area contributed by atoms with Gasteiger partial charge in [-0.05, 0) is 59.1 Å². The van der Waals surface area contributed by atoms with Crippen LogP contribution in [-0.2, 0) is 4.74 Å². The first kappa shape index (κ1) is 23.5. The number of carbonyl (C=O) groups excluding carboxylic acids is 1. The number of aromatic nitrogens is 3. The van der Waals surface area contributed by atoms with E-state index in [-0.39, 0.29) is 24.3 Å². The monoisotopic (exact) mass is 440 g/mol. The van der Waals surface area contributed by atoms with E-state index >= 15 is 0 Å². The third-order valence-electron chi connectivity index (χ3n) is 5.62. The Kier molecular flexibility index (Phi) is 8.03. The second-order valence-corrected chi connectivity index (χ2v) is 8.14. The fourth-order valence-corrected chi connectivity index (χ4v) is 3.88. The van der Waals surface area contributed by atoms with Crippen molar-refractivity contribution < 1.29 is 19.0 Å². The number of aryl methyl sites for hydroxylation is 1. The van der Waals surface area contributed by atoms with Crippen LogP contribution in [0, 0.1) is 13.8 Å². The van der Waals surface area contributed by atoms with Crippen molar-refractivity contribution in [2.45, 2.75) is 71.6 Å². The molecule has 1 aliphatic rings. The Hall–Kier alpha value is -3.16. The van der Waals surface area contributed by atoms with Gasteiger partial charge in [0.1, 0.15) is 6.33 Å². The number of ether oxygens (including phenoxy) is 3. The van der Waals surface area contributed by atoms with Gasteiger partial charge in [-0.1, -0.05) is 6.08 Å². The fraction of sp³-hybridized carbons (Fsp3) is 0.500. The molecule has 2 aromatic rings. The molecule has 8 heteroatoms. The van der Waals surface area contributed by atoms with E-state index in [9.17, 15) is 4.79 Å². The molecule has 0 aliphatic carbocycles. The van der Waals surface area contributed by atoms with Crippen LogP contribution in [0.3, 0.4) is 0 Å². The Labute approximate surface area is 189 Å². The molecule has 0 bridgehead atoms. The molecule has 0 N–H and O–H groups in total. The van der Waals surface area contributed by atoms with E-state index in [0.29, 0.717) is 42.5 Å². The van der Waals surface area contributed by atoms with Crippen LogP contribution < -0.4 is 9.47 Å². The van der Waals surface area contributed by atoms with Crippen LogP contribution in [0.5, 0.6) is 17.5 Å². The number of carbonyl (C=O) groups is 1. The minimum atomic E-state index is -0.269. The second kappa shape index (κ2) is 10.9. The highest BCUT2D eigenvalue weighted by atomic mass is 16.6. The highest BCUT2D eigenvalue weighted by Crippen LogP contribution is 2.31. The average Bonchev–Trinajstić information content (AvgIpc) is 3.12. The van der Waals surface area contributed by atoms with Crippen molar-refractivity contribution in [2.75, 3.05) is 6.61 Å². The lowest BCUT2D eigenvalue weighted by Crippen LogP contribution is -2.42. The number of likely N-dealkylation sites (tertiary alicyclic amines) is 1. The van der Waals surface area contributed by atoms with Gasteiger partial charge in [0.15, 0.2) is 5.75 Å². The third kappa shape index (κ3) is 5.75. The lowest BCUT2D eigenvalue weighted by molar-refractivity contribution is 0.0763. The van der Waals surface area contributed by atoms with Gasteiger partial charge in [-0.3, -0.25) is 4.98 Å². The SMILES string of the molecule is C=CCCOC(=O)N1C(C)CCC1C[C@H](C)Oc1ncnc(Oc2cccnc2C)c1C. The van der Waals surface area contributed by atoms with Gasteiger partial charge >= 0.3 is 6.09 Å². The zero-order valence-electron chi connectivity index (χ0n) is 19.3. The predicted molar refractivity (Wildman–Crippen MR) is 121 cm³/mol. The summed E-state index contributed by atoms with van der Waals surface area (Å²) in [7, 11) is 0. The van der Waals surface area contributed by atoms with Crippen molar-refractivity contribution in [3.8, 4) is 17.5 Å². The maximum Gasteiger partial charge on any atom is 0.410 e. The van der Waals surface area contributed by atoms with Crippen LogP contribution in [0.25, 0.3) is 0 Å². The van der Waals surface area contributed by atoms with E-state index in [1.165, 1.54) is 6.33 Å². The average molecular weight is 441 g/mol. The fourth-order valence-electron chi connectivity index (χ4n) is 3.88. The first-order valence-electron chi connectivity index (χ1n) is 11.0. The Bertz CT molecular complexity index is 936. The topological polar surface area (TPSA) is 86.7 Å². The quantitative estimate of drug-likeness (QED) is 0.400. The number of amides is 1. The van der Waals surface area contributed by atoms with E-state index in [2.05, 4.69) is 28.5 Å². The minimum absolute atomic E-state index is 0.0622. The molecule has 1 aliphatic heterocycles. The standard InChI is InChI=1S/C24H32N4O4/c1-6-7-13-30-24(29)28-16(2)10-11-20(28)14-17(3)31-22-18(4)23(27-15-26-22)32-21-9-8-12-25-19(21)5/h6,8-9,12,15-17,20H,1,7,10-11,13-14H2,2-5H3/t16?,17-,20?/m0/s1. The van der Waals surface area contributed by atoms with Crippen LogP contribution in [0.15, 0.2) is 37.3 Å². The summed E-state index contributed by atoms with van der Waals surface area (Å²) in [6.07, 6.45) is 7.66. The van der Waals surface area contributed by atoms with Gasteiger partial charge in [0.05, 0.1) is 24.0 Å². The van der Waals surface area contributed by atoms with Crippen molar-refractivity contribution in [3.63, 3.8) is 0 Å². The molecule has 1 fully saturated rings. The molecule has 0 aromatic carbocycles. The van der Waals surface area contributed by atoms with Crippen LogP contribution >= 0.6 is 0 Å². The summed E-state index contributed by atoms with van der Waals surface area (Å²) in [4.78, 5) is 27.2. The molecule has 32 heavy (non-hydrogen) atoms. The molecule has 8 nitrogen and oxygen atoms in total. The largest absolute Gasteiger partial charge is 0.474 e. The number of nitrogens with zero attached hydrogens (tertiary/aromatic N) is 4. The third-order valence-corrected chi connectivity index (χ3v) is 5.62. The maximum absolute atomic E-state index is 12.6. The van der Waals surface area contributed by atoms with Crippen molar-refractivity contribution in [1.29, 1.82) is 0 Å². The second-order valence-electron chi connectivity index (χ2n) is 8.14. The lowest BCUT2D eigenvalue weighted by atomic mass is 10.1. The predicted octanol–water partition coefficient (Wildman–Crippen LogP) is 5.00. The van der Waals surface area contributed by atoms with E-state index in [1.807, 2.05) is 37.8 Å². The molecule has 0 saturated carbocycles. The van der Waals surface area contributed by atoms with E-state index < -0.39 is 0 Å². The highest BCUT2D eigenvalue weighted by molar-refractivity contribution is 5.69. The summed E-state index contributed by atoms with van der Waals surface area (Å²) >= 11 is 0. The first-order valence-corrected chi connectivity index (χ1v) is 11.0. The molecule has 3 heterocycles. The van der Waals surface area contributed by atoms with Crippen molar-refractivity contribution in [3.05, 3.63) is 48.6 Å². The Morgan fingerprint density at radius 3 is 2.81 bits per heavy atom. The Morgan fingerprint density at radius 2 is 2.06 bits per heavy atom. The highest BCUT2D eigenvalue weighted by Gasteiger charge is 2.36. The van der Waals surface area contributed by atoms with Gasteiger partial charge in [0.25, 0.3) is 0 Å². The Balaban J connectivity index is 1.64. The normalized spacial score (nSPS) is 18.8. The molecule has 1 saturated heterocycles. The van der Waals surface area contributed by atoms with Crippen molar-refractivity contribution in [1.82, 2.24) is 19.9 Å². The van der Waals surface area contributed by atoms with Crippen molar-refractivity contribution in [2.24, 2.45) is 0 Å². The number of hydrogen-bond acceptors (Lipinski definition) is 7. The molecule has 3 rings (SSSR count). The number of pyridine rings is 1. The molecule has 3 atom stereocenters. The van der Waals surface area contributed by atoms with Crippen LogP contribution in [0.4, 0.5) is 4.79 Å². The van der Waals surface area contributed by atoms with Gasteiger partial charge in [0.2, 0.25) is 11.8 Å². The molecular weight excluding hydrogens is 408 g/mol. The summed E-state index contributed by atoms with van der Waals surface area (Å²) in [5.74, 6) is 1.54. The van der Waals surface area contributed by atoms with Gasteiger partial charge in [-0.15, -0.1) is 6.58 Å². The first-order chi connectivity index (χ1) is 15.4. The Morgan fingerprint density at radius 1 is 1.28 bits per heavy atom. The summed E-state index contributed by atoms with van der Waals surface area (Å²) in [6.45, 7) is 11.8. The number of rotatable bonds is 9. The van der Waals surface area contributed by atoms with Gasteiger partial charge < -0.3 is 19.1 Å². The lowest BCUT2D eigenvalue weighted by Gasteiger charge is -2.29. The smallest absolute Gasteiger partial charge is 0.410 e. The molecule has 172 valence electrons. The van der Waals surface area contributed by atoms with Gasteiger partial charge in [-0.25, -0.2) is 14.8 Å². The van der Waals surface area contributed by atoms with Crippen LogP contribution in [0.1, 0.15) is 50.8 Å². The zero-order chi connectivity index (χ0) is 23.1. The van der Waals surface area contributed by atoms with E-state index in [1.54, 1.807) is 12.3 Å². The molecule has 2 aromatic heterocycles. The van der Waals surface area contributed by atoms with E-state index in [4.69, 9.17) is 14.2 Å². The van der Waals surface area contributed by atoms with Crippen LogP contribution in [-0.4, -0.2) is 50.7 Å². The van der Waals surface area contributed by atoms with Gasteiger partial charge in [-0.2, -0.15) is 0 Å². The molecule has 0 spiro atoms. The molecular formula is C24H32N4O4. The summed E-state index contributed by atoms with van der Waals surface area (Å²) in [6, 6.07) is 3.87. The van der Waals surface area contributed by atoms with E-state index in [0.717, 1.165) is 18.5 Å². The summed E-state index contributed by atoms with van der Waals surface area (Å²) in [5.41, 5.74) is 1.49. The maximum atomic E-state index is 12.6. The van der Waals surface area contributed by atoms with Crippen molar-refractivity contribution >= 4 is 6.09 Å². The van der Waals surface area contributed by atoms with Crippen LogP contribution in [0.2, 0.25) is 0 Å². The summed E-state index contributed by atoms with van der Waals surface area (Å²) < 4.78 is 17.5. The molecule has 2 unspecified atom stereocenters. The zero-order valence-corrected chi connectivity index (χ0v) is 19.3. The molecule has 1 amide bonds. The minimum Gasteiger partial charge on any atom is -0.474 e.